The summed E-state index contributed by atoms with van der Waals surface area (Å²) in [5.74, 6) is 0. The molecule has 114 valence electrons. The molecular formula is C15H32N2O2. The fourth-order valence-electron chi connectivity index (χ4n) is 3.11. The van der Waals surface area contributed by atoms with E-state index in [0.29, 0.717) is 6.04 Å². The second-order valence-electron chi connectivity index (χ2n) is 5.75. The molecule has 4 heteroatoms. The van der Waals surface area contributed by atoms with Crippen LogP contribution >= 0.6 is 0 Å². The van der Waals surface area contributed by atoms with Crippen molar-refractivity contribution in [3.8, 4) is 0 Å². The highest BCUT2D eigenvalue weighted by Gasteiger charge is 2.37. The van der Waals surface area contributed by atoms with E-state index in [1.165, 1.54) is 0 Å². The normalized spacial score (nSPS) is 23.7. The van der Waals surface area contributed by atoms with E-state index in [0.717, 1.165) is 58.7 Å². The SMILES string of the molecule is CCNCC1(CN(CCO)C(CC)CC)CCOC1. The van der Waals surface area contributed by atoms with Gasteiger partial charge >= 0.3 is 0 Å². The number of nitrogens with zero attached hydrogens (tertiary/aromatic N) is 1. The van der Waals surface area contributed by atoms with Gasteiger partial charge < -0.3 is 15.2 Å². The van der Waals surface area contributed by atoms with Gasteiger partial charge in [0.25, 0.3) is 0 Å². The number of rotatable bonds is 10. The summed E-state index contributed by atoms with van der Waals surface area (Å²) in [7, 11) is 0. The van der Waals surface area contributed by atoms with Gasteiger partial charge in [-0.15, -0.1) is 0 Å². The van der Waals surface area contributed by atoms with E-state index in [1.807, 2.05) is 0 Å². The largest absolute Gasteiger partial charge is 0.395 e. The van der Waals surface area contributed by atoms with Gasteiger partial charge in [0.1, 0.15) is 0 Å². The van der Waals surface area contributed by atoms with E-state index in [-0.39, 0.29) is 12.0 Å². The molecule has 1 aliphatic heterocycles. The van der Waals surface area contributed by atoms with Gasteiger partial charge in [0.15, 0.2) is 0 Å². The van der Waals surface area contributed by atoms with Crippen molar-refractivity contribution in [3.05, 3.63) is 0 Å². The van der Waals surface area contributed by atoms with Crippen LogP contribution < -0.4 is 5.32 Å². The molecule has 1 saturated heterocycles. The zero-order chi connectivity index (χ0) is 14.1. The van der Waals surface area contributed by atoms with Gasteiger partial charge in [-0.25, -0.2) is 0 Å². The van der Waals surface area contributed by atoms with E-state index in [4.69, 9.17) is 4.74 Å². The third-order valence-electron chi connectivity index (χ3n) is 4.32. The molecule has 4 nitrogen and oxygen atoms in total. The summed E-state index contributed by atoms with van der Waals surface area (Å²) in [6.45, 7) is 12.4. The van der Waals surface area contributed by atoms with Crippen molar-refractivity contribution in [2.45, 2.75) is 46.1 Å². The molecule has 0 aromatic carbocycles. The Morgan fingerprint density at radius 3 is 2.53 bits per heavy atom. The van der Waals surface area contributed by atoms with Crippen LogP contribution in [0.5, 0.6) is 0 Å². The highest BCUT2D eigenvalue weighted by atomic mass is 16.5. The predicted molar refractivity (Wildman–Crippen MR) is 79.4 cm³/mol. The van der Waals surface area contributed by atoms with Crippen molar-refractivity contribution in [3.63, 3.8) is 0 Å². The molecule has 0 aromatic rings. The molecule has 0 radical (unpaired) electrons. The number of aliphatic hydroxyl groups is 1. The van der Waals surface area contributed by atoms with Gasteiger partial charge in [-0.05, 0) is 25.8 Å². The van der Waals surface area contributed by atoms with Crippen LogP contribution in [0, 0.1) is 5.41 Å². The molecule has 1 heterocycles. The zero-order valence-corrected chi connectivity index (χ0v) is 13.0. The quantitative estimate of drug-likeness (QED) is 0.632. The van der Waals surface area contributed by atoms with Crippen molar-refractivity contribution >= 4 is 0 Å². The Hall–Kier alpha value is -0.160. The highest BCUT2D eigenvalue weighted by molar-refractivity contribution is 4.89. The molecule has 1 aliphatic rings. The number of ether oxygens (including phenoxy) is 1. The smallest absolute Gasteiger partial charge is 0.0558 e. The van der Waals surface area contributed by atoms with Crippen LogP contribution in [-0.2, 0) is 4.74 Å². The maximum atomic E-state index is 9.32. The maximum absolute atomic E-state index is 9.32. The highest BCUT2D eigenvalue weighted by Crippen LogP contribution is 2.30. The Kier molecular flexibility index (Phi) is 7.91. The molecule has 19 heavy (non-hydrogen) atoms. The van der Waals surface area contributed by atoms with Crippen molar-refractivity contribution in [1.82, 2.24) is 10.2 Å². The minimum Gasteiger partial charge on any atom is -0.395 e. The fourth-order valence-corrected chi connectivity index (χ4v) is 3.11. The first-order valence-electron chi connectivity index (χ1n) is 7.84. The molecule has 0 aromatic heterocycles. The summed E-state index contributed by atoms with van der Waals surface area (Å²) in [4.78, 5) is 2.46. The Labute approximate surface area is 118 Å². The van der Waals surface area contributed by atoms with Crippen molar-refractivity contribution in [2.24, 2.45) is 5.41 Å². The van der Waals surface area contributed by atoms with Gasteiger partial charge in [-0.1, -0.05) is 20.8 Å². The average Bonchev–Trinajstić information content (AvgIpc) is 2.87. The van der Waals surface area contributed by atoms with Crippen molar-refractivity contribution < 1.29 is 9.84 Å². The van der Waals surface area contributed by atoms with Crippen LogP contribution in [0.4, 0.5) is 0 Å². The van der Waals surface area contributed by atoms with Gasteiger partial charge in [-0.2, -0.15) is 0 Å². The lowest BCUT2D eigenvalue weighted by molar-refractivity contribution is 0.0685. The van der Waals surface area contributed by atoms with E-state index < -0.39 is 0 Å². The molecule has 1 rings (SSSR count). The number of aliphatic hydroxyl groups excluding tert-OH is 1. The van der Waals surface area contributed by atoms with E-state index >= 15 is 0 Å². The van der Waals surface area contributed by atoms with Crippen molar-refractivity contribution in [2.75, 3.05) is 46.0 Å². The molecule has 0 aliphatic carbocycles. The summed E-state index contributed by atoms with van der Waals surface area (Å²) < 4.78 is 5.65. The van der Waals surface area contributed by atoms with E-state index in [2.05, 4.69) is 31.0 Å². The molecule has 1 atom stereocenters. The lowest BCUT2D eigenvalue weighted by Gasteiger charge is -2.38. The Balaban J connectivity index is 2.66. The molecule has 2 N–H and O–H groups in total. The Morgan fingerprint density at radius 1 is 1.32 bits per heavy atom. The molecule has 0 amide bonds. The second kappa shape index (κ2) is 8.90. The minimum absolute atomic E-state index is 0.230. The minimum atomic E-state index is 0.230. The zero-order valence-electron chi connectivity index (χ0n) is 13.0. The Bertz CT molecular complexity index is 226. The van der Waals surface area contributed by atoms with Crippen LogP contribution in [0.3, 0.4) is 0 Å². The molecular weight excluding hydrogens is 240 g/mol. The monoisotopic (exact) mass is 272 g/mol. The first-order chi connectivity index (χ1) is 9.21. The van der Waals surface area contributed by atoms with Crippen LogP contribution in [0.25, 0.3) is 0 Å². The maximum Gasteiger partial charge on any atom is 0.0558 e. The molecule has 1 unspecified atom stereocenters. The third kappa shape index (κ3) is 5.03. The average molecular weight is 272 g/mol. The second-order valence-corrected chi connectivity index (χ2v) is 5.75. The van der Waals surface area contributed by atoms with Gasteiger partial charge in [-0.3, -0.25) is 4.90 Å². The fraction of sp³-hybridized carbons (Fsp3) is 1.00. The van der Waals surface area contributed by atoms with Crippen LogP contribution in [-0.4, -0.2) is 62.0 Å². The van der Waals surface area contributed by atoms with E-state index in [9.17, 15) is 5.11 Å². The lowest BCUT2D eigenvalue weighted by atomic mass is 9.85. The van der Waals surface area contributed by atoms with Gasteiger partial charge in [0.05, 0.1) is 13.2 Å². The number of hydrogen-bond acceptors (Lipinski definition) is 4. The van der Waals surface area contributed by atoms with Crippen LogP contribution in [0.15, 0.2) is 0 Å². The van der Waals surface area contributed by atoms with E-state index in [1.54, 1.807) is 0 Å². The molecule has 0 saturated carbocycles. The summed E-state index contributed by atoms with van der Waals surface area (Å²) in [6, 6.07) is 0.575. The number of nitrogens with one attached hydrogen (secondary N) is 1. The standard InChI is InChI=1S/C15H32N2O2/c1-4-14(5-2)17(8-9-18)12-15(11-16-6-3)7-10-19-13-15/h14,16,18H,4-13H2,1-3H3. The molecule has 1 fully saturated rings. The van der Waals surface area contributed by atoms with Crippen LogP contribution in [0.2, 0.25) is 0 Å². The van der Waals surface area contributed by atoms with Gasteiger partial charge in [0.2, 0.25) is 0 Å². The topological polar surface area (TPSA) is 44.7 Å². The summed E-state index contributed by atoms with van der Waals surface area (Å²) in [6.07, 6.45) is 3.42. The van der Waals surface area contributed by atoms with Crippen molar-refractivity contribution in [1.29, 1.82) is 0 Å². The summed E-state index contributed by atoms with van der Waals surface area (Å²) in [5.41, 5.74) is 0.230. The Morgan fingerprint density at radius 2 is 2.05 bits per heavy atom. The molecule has 0 spiro atoms. The lowest BCUT2D eigenvalue weighted by Crippen LogP contribution is -2.48. The summed E-state index contributed by atoms with van der Waals surface area (Å²) >= 11 is 0. The number of hydrogen-bond donors (Lipinski definition) is 2. The first kappa shape index (κ1) is 16.9. The molecule has 0 bridgehead atoms. The first-order valence-corrected chi connectivity index (χ1v) is 7.84. The third-order valence-corrected chi connectivity index (χ3v) is 4.32. The predicted octanol–water partition coefficient (Wildman–Crippen LogP) is 1.49. The summed E-state index contributed by atoms with van der Waals surface area (Å²) in [5, 5.41) is 12.8. The van der Waals surface area contributed by atoms with Gasteiger partial charge in [0, 0.05) is 37.7 Å². The van der Waals surface area contributed by atoms with Crippen LogP contribution in [0.1, 0.15) is 40.0 Å².